The van der Waals surface area contributed by atoms with Crippen LogP contribution in [0.1, 0.15) is 37.0 Å². The highest BCUT2D eigenvalue weighted by atomic mass is 16.5. The number of methoxy groups -OCH3 is 1. The van der Waals surface area contributed by atoms with Crippen LogP contribution < -0.4 is 15.4 Å². The maximum Gasteiger partial charge on any atom is 0.255 e. The number of carbonyl (C=O) groups is 3. The molecule has 2 aliphatic heterocycles. The van der Waals surface area contributed by atoms with Crippen LogP contribution in [0.25, 0.3) is 0 Å². The maximum absolute atomic E-state index is 12.7. The lowest BCUT2D eigenvalue weighted by Gasteiger charge is -2.35. The van der Waals surface area contributed by atoms with Crippen molar-refractivity contribution < 1.29 is 19.1 Å². The average molecular weight is 359 g/mol. The van der Waals surface area contributed by atoms with Gasteiger partial charge in [0.1, 0.15) is 17.8 Å². The Labute approximate surface area is 153 Å². The molecular formula is C19H25N3O4. The molecule has 1 aromatic carbocycles. The van der Waals surface area contributed by atoms with Gasteiger partial charge in [-0.25, -0.2) is 0 Å². The third-order valence-corrected chi connectivity index (χ3v) is 4.90. The van der Waals surface area contributed by atoms with Crippen LogP contribution in [0.15, 0.2) is 24.3 Å². The number of benzene rings is 1. The summed E-state index contributed by atoms with van der Waals surface area (Å²) in [5.74, 6) is 0.344. The minimum Gasteiger partial charge on any atom is -0.496 e. The van der Waals surface area contributed by atoms with E-state index in [-0.39, 0.29) is 23.8 Å². The van der Waals surface area contributed by atoms with Crippen LogP contribution in [0.5, 0.6) is 5.75 Å². The number of ether oxygens (including phenoxy) is 1. The normalized spacial score (nSPS) is 25.1. The molecule has 1 aromatic rings. The number of piperazine rings is 1. The number of hydrogen-bond donors (Lipinski definition) is 2. The van der Waals surface area contributed by atoms with E-state index in [1.165, 1.54) is 7.11 Å². The lowest BCUT2D eigenvalue weighted by molar-refractivity contribution is -0.147. The Morgan fingerprint density at radius 3 is 2.77 bits per heavy atom. The molecule has 2 N–H and O–H groups in total. The van der Waals surface area contributed by atoms with Crippen molar-refractivity contribution in [3.8, 4) is 5.75 Å². The van der Waals surface area contributed by atoms with Crippen molar-refractivity contribution >= 4 is 17.7 Å². The van der Waals surface area contributed by atoms with Crippen molar-refractivity contribution in [2.75, 3.05) is 13.7 Å². The third kappa shape index (κ3) is 3.52. The first-order chi connectivity index (χ1) is 12.4. The van der Waals surface area contributed by atoms with Crippen molar-refractivity contribution in [2.45, 2.75) is 44.8 Å². The van der Waals surface area contributed by atoms with Gasteiger partial charge in [0, 0.05) is 12.6 Å². The van der Waals surface area contributed by atoms with E-state index in [4.69, 9.17) is 4.74 Å². The molecule has 2 aliphatic rings. The molecule has 2 saturated heterocycles. The van der Waals surface area contributed by atoms with Gasteiger partial charge in [0.2, 0.25) is 11.8 Å². The van der Waals surface area contributed by atoms with Crippen LogP contribution in [-0.4, -0.2) is 54.4 Å². The summed E-state index contributed by atoms with van der Waals surface area (Å²) in [6, 6.07) is 5.74. The third-order valence-electron chi connectivity index (χ3n) is 4.90. The topological polar surface area (TPSA) is 87.7 Å². The summed E-state index contributed by atoms with van der Waals surface area (Å²) in [6.45, 7) is 4.39. The zero-order valence-electron chi connectivity index (χ0n) is 15.3. The summed E-state index contributed by atoms with van der Waals surface area (Å²) < 4.78 is 5.22. The SMILES string of the molecule is COc1ccccc1C(=O)N[C@H]1C[C@H]2C(=O)N[C@H](CC(C)C)C(=O)N2C1. The smallest absolute Gasteiger partial charge is 0.255 e. The van der Waals surface area contributed by atoms with Crippen LogP contribution in [0.3, 0.4) is 0 Å². The Kier molecular flexibility index (Phi) is 5.15. The van der Waals surface area contributed by atoms with Crippen LogP contribution in [0.2, 0.25) is 0 Å². The highest BCUT2D eigenvalue weighted by Gasteiger charge is 2.46. The predicted octanol–water partition coefficient (Wildman–Crippen LogP) is 0.939. The van der Waals surface area contributed by atoms with E-state index in [9.17, 15) is 14.4 Å². The van der Waals surface area contributed by atoms with Gasteiger partial charge >= 0.3 is 0 Å². The molecule has 0 bridgehead atoms. The van der Waals surface area contributed by atoms with Crippen molar-refractivity contribution in [1.29, 1.82) is 0 Å². The lowest BCUT2D eigenvalue weighted by Crippen LogP contribution is -2.61. The molecule has 2 fully saturated rings. The molecule has 0 saturated carbocycles. The minimum atomic E-state index is -0.506. The van der Waals surface area contributed by atoms with Gasteiger partial charge in [-0.1, -0.05) is 26.0 Å². The average Bonchev–Trinajstić information content (AvgIpc) is 3.03. The number of para-hydroxylation sites is 1. The Hall–Kier alpha value is -2.57. The number of hydrogen-bond acceptors (Lipinski definition) is 4. The molecule has 0 radical (unpaired) electrons. The van der Waals surface area contributed by atoms with Gasteiger partial charge in [-0.05, 0) is 30.9 Å². The van der Waals surface area contributed by atoms with E-state index in [2.05, 4.69) is 10.6 Å². The minimum absolute atomic E-state index is 0.0580. The van der Waals surface area contributed by atoms with E-state index < -0.39 is 12.1 Å². The fourth-order valence-corrected chi connectivity index (χ4v) is 3.69. The first kappa shape index (κ1) is 18.2. The fourth-order valence-electron chi connectivity index (χ4n) is 3.69. The fraction of sp³-hybridized carbons (Fsp3) is 0.526. The number of nitrogens with zero attached hydrogens (tertiary/aromatic N) is 1. The van der Waals surface area contributed by atoms with E-state index in [1.54, 1.807) is 29.2 Å². The van der Waals surface area contributed by atoms with Crippen LogP contribution in [0, 0.1) is 5.92 Å². The highest BCUT2D eigenvalue weighted by molar-refractivity contribution is 5.99. The van der Waals surface area contributed by atoms with Gasteiger partial charge in [0.25, 0.3) is 5.91 Å². The van der Waals surface area contributed by atoms with Crippen molar-refractivity contribution in [3.63, 3.8) is 0 Å². The quantitative estimate of drug-likeness (QED) is 0.819. The van der Waals surface area contributed by atoms with Crippen LogP contribution >= 0.6 is 0 Å². The molecule has 26 heavy (non-hydrogen) atoms. The standard InChI is InChI=1S/C19H25N3O4/c1-11(2)8-14-19(25)22-10-12(9-15(22)18(24)21-14)20-17(23)13-6-4-5-7-16(13)26-3/h4-7,11-12,14-15H,8-10H2,1-3H3,(H,20,23)(H,21,24)/t12-,14+,15-/m0/s1. The Morgan fingerprint density at radius 1 is 1.35 bits per heavy atom. The largest absolute Gasteiger partial charge is 0.496 e. The van der Waals surface area contributed by atoms with Gasteiger partial charge in [0.05, 0.1) is 12.7 Å². The second-order valence-electron chi connectivity index (χ2n) is 7.30. The Balaban J connectivity index is 1.69. The van der Waals surface area contributed by atoms with E-state index >= 15 is 0 Å². The Bertz CT molecular complexity index is 718. The molecule has 0 aromatic heterocycles. The second kappa shape index (κ2) is 7.35. The molecule has 3 atom stereocenters. The summed E-state index contributed by atoms with van der Waals surface area (Å²) in [4.78, 5) is 39.2. The highest BCUT2D eigenvalue weighted by Crippen LogP contribution is 2.25. The number of carbonyl (C=O) groups excluding carboxylic acids is 3. The van der Waals surface area contributed by atoms with Gasteiger partial charge < -0.3 is 20.3 Å². The molecule has 7 heteroatoms. The van der Waals surface area contributed by atoms with Gasteiger partial charge in [-0.15, -0.1) is 0 Å². The monoisotopic (exact) mass is 359 g/mol. The van der Waals surface area contributed by atoms with Crippen LogP contribution in [0.4, 0.5) is 0 Å². The maximum atomic E-state index is 12.7. The van der Waals surface area contributed by atoms with Crippen molar-refractivity contribution in [2.24, 2.45) is 5.92 Å². The lowest BCUT2D eigenvalue weighted by atomic mass is 9.99. The first-order valence-electron chi connectivity index (χ1n) is 8.95. The predicted molar refractivity (Wildman–Crippen MR) is 95.8 cm³/mol. The van der Waals surface area contributed by atoms with E-state index in [0.29, 0.717) is 36.6 Å². The second-order valence-corrected chi connectivity index (χ2v) is 7.30. The molecule has 7 nitrogen and oxygen atoms in total. The van der Waals surface area contributed by atoms with Gasteiger partial charge in [-0.2, -0.15) is 0 Å². The van der Waals surface area contributed by atoms with Crippen molar-refractivity contribution in [3.05, 3.63) is 29.8 Å². The number of nitrogens with one attached hydrogen (secondary N) is 2. The summed E-state index contributed by atoms with van der Waals surface area (Å²) in [6.07, 6.45) is 1.04. The molecule has 3 rings (SSSR count). The summed E-state index contributed by atoms with van der Waals surface area (Å²) >= 11 is 0. The zero-order valence-corrected chi connectivity index (χ0v) is 15.3. The summed E-state index contributed by atoms with van der Waals surface area (Å²) in [7, 11) is 1.51. The first-order valence-corrected chi connectivity index (χ1v) is 8.95. The van der Waals surface area contributed by atoms with Gasteiger partial charge in [0.15, 0.2) is 0 Å². The summed E-state index contributed by atoms with van der Waals surface area (Å²) in [5, 5.41) is 5.76. The number of fused-ring (bicyclic) bond motifs is 1. The molecule has 3 amide bonds. The number of amides is 3. The molecular weight excluding hydrogens is 334 g/mol. The molecule has 0 aliphatic carbocycles. The van der Waals surface area contributed by atoms with Crippen LogP contribution in [-0.2, 0) is 9.59 Å². The molecule has 0 spiro atoms. The molecule has 140 valence electrons. The summed E-state index contributed by atoms with van der Waals surface area (Å²) in [5.41, 5.74) is 0.438. The molecule has 0 unspecified atom stereocenters. The van der Waals surface area contributed by atoms with E-state index in [0.717, 1.165) is 0 Å². The zero-order chi connectivity index (χ0) is 18.8. The number of rotatable bonds is 5. The molecule has 2 heterocycles. The Morgan fingerprint density at radius 2 is 2.08 bits per heavy atom. The van der Waals surface area contributed by atoms with Crippen molar-refractivity contribution in [1.82, 2.24) is 15.5 Å². The van der Waals surface area contributed by atoms with E-state index in [1.807, 2.05) is 13.8 Å². The van der Waals surface area contributed by atoms with Gasteiger partial charge in [-0.3, -0.25) is 14.4 Å².